The summed E-state index contributed by atoms with van der Waals surface area (Å²) >= 11 is 0. The fourth-order valence-corrected chi connectivity index (χ4v) is 6.11. The molecule has 10 heteroatoms. The highest BCUT2D eigenvalue weighted by Crippen LogP contribution is 2.39. The summed E-state index contributed by atoms with van der Waals surface area (Å²) in [6.07, 6.45) is 4.37. The van der Waals surface area contributed by atoms with Gasteiger partial charge in [0.25, 0.3) is 5.91 Å². The van der Waals surface area contributed by atoms with Crippen molar-refractivity contribution in [3.63, 3.8) is 0 Å². The van der Waals surface area contributed by atoms with Crippen LogP contribution in [0.25, 0.3) is 33.6 Å². The van der Waals surface area contributed by atoms with Crippen LogP contribution in [0, 0.1) is 11.3 Å². The molecular formula is C32H31ClN4O5. The van der Waals surface area contributed by atoms with Gasteiger partial charge < -0.3 is 28.8 Å². The highest BCUT2D eigenvalue weighted by molar-refractivity contribution is 5.97. The van der Waals surface area contributed by atoms with Crippen molar-refractivity contribution in [3.8, 4) is 40.0 Å². The maximum atomic E-state index is 13.2. The highest BCUT2D eigenvalue weighted by Gasteiger charge is 2.44. The van der Waals surface area contributed by atoms with Gasteiger partial charge in [-0.1, -0.05) is 6.07 Å². The minimum absolute atomic E-state index is 0. The lowest BCUT2D eigenvalue weighted by atomic mass is 9.96. The van der Waals surface area contributed by atoms with Crippen LogP contribution in [-0.2, 0) is 4.74 Å². The molecule has 42 heavy (non-hydrogen) atoms. The highest BCUT2D eigenvalue weighted by atomic mass is 35.5. The first-order chi connectivity index (χ1) is 20.1. The van der Waals surface area contributed by atoms with Gasteiger partial charge in [0, 0.05) is 48.8 Å². The van der Waals surface area contributed by atoms with E-state index in [4.69, 9.17) is 18.6 Å². The van der Waals surface area contributed by atoms with Crippen LogP contribution in [0.1, 0.15) is 35.2 Å². The molecule has 2 unspecified atom stereocenters. The fraction of sp³-hybridized carbons (Fsp3) is 0.344. The van der Waals surface area contributed by atoms with Crippen LogP contribution in [-0.4, -0.2) is 67.4 Å². The number of carbonyl (C=O) groups is 1. The number of aromatic nitrogens is 1. The number of hydrogen-bond donors (Lipinski definition) is 1. The first-order valence-corrected chi connectivity index (χ1v) is 14.0. The Morgan fingerprint density at radius 3 is 2.71 bits per heavy atom. The van der Waals surface area contributed by atoms with Crippen LogP contribution in [0.5, 0.6) is 11.5 Å². The van der Waals surface area contributed by atoms with E-state index in [0.717, 1.165) is 49.0 Å². The van der Waals surface area contributed by atoms with Gasteiger partial charge in [0.05, 0.1) is 37.5 Å². The molecule has 2 aromatic carbocycles. The number of nitrogens with one attached hydrogen (secondary N) is 1. The largest absolute Gasteiger partial charge is 0.496 e. The Bertz CT molecular complexity index is 1680. The van der Waals surface area contributed by atoms with Gasteiger partial charge in [-0.15, -0.1) is 12.4 Å². The molecule has 4 aromatic rings. The zero-order valence-corrected chi connectivity index (χ0v) is 24.0. The second kappa shape index (κ2) is 11.6. The number of benzene rings is 2. The first kappa shape index (κ1) is 28.0. The SMILES string of the molecule is COc1cc(C(=O)N2CC3NCCC32)ccc1-c1cc2nccc(-c3ccc(OC4CCOCC4)c(C#N)c3)c2o1.Cl. The van der Waals surface area contributed by atoms with Crippen LogP contribution in [0.15, 0.2) is 59.1 Å². The van der Waals surface area contributed by atoms with Gasteiger partial charge >= 0.3 is 0 Å². The molecule has 3 aliphatic heterocycles. The monoisotopic (exact) mass is 586 g/mol. The maximum Gasteiger partial charge on any atom is 0.254 e. The van der Waals surface area contributed by atoms with E-state index in [1.165, 1.54) is 0 Å². The summed E-state index contributed by atoms with van der Waals surface area (Å²) in [4.78, 5) is 19.6. The van der Waals surface area contributed by atoms with E-state index in [2.05, 4.69) is 16.4 Å². The number of furan rings is 1. The van der Waals surface area contributed by atoms with Crippen molar-refractivity contribution in [1.29, 1.82) is 5.26 Å². The molecule has 2 atom stereocenters. The zero-order valence-electron chi connectivity index (χ0n) is 23.2. The number of pyridine rings is 1. The molecule has 0 saturated carbocycles. The molecule has 3 saturated heterocycles. The summed E-state index contributed by atoms with van der Waals surface area (Å²) in [6, 6.07) is 17.8. The summed E-state index contributed by atoms with van der Waals surface area (Å²) in [5.74, 6) is 1.73. The van der Waals surface area contributed by atoms with Crippen molar-refractivity contribution < 1.29 is 23.4 Å². The number of methoxy groups -OCH3 is 1. The van der Waals surface area contributed by atoms with E-state index in [1.54, 1.807) is 19.4 Å². The molecule has 0 aliphatic carbocycles. The van der Waals surface area contributed by atoms with E-state index < -0.39 is 0 Å². The lowest BCUT2D eigenvalue weighted by Crippen LogP contribution is -2.62. The Morgan fingerprint density at radius 1 is 1.07 bits per heavy atom. The van der Waals surface area contributed by atoms with Gasteiger partial charge in [-0.2, -0.15) is 5.26 Å². The summed E-state index contributed by atoms with van der Waals surface area (Å²) in [7, 11) is 1.59. The van der Waals surface area contributed by atoms with Gasteiger partial charge in [-0.05, 0) is 54.9 Å². The Morgan fingerprint density at radius 2 is 1.93 bits per heavy atom. The molecule has 3 aliphatic rings. The predicted molar refractivity (Wildman–Crippen MR) is 159 cm³/mol. The van der Waals surface area contributed by atoms with Gasteiger partial charge in [0.15, 0.2) is 5.58 Å². The number of hydrogen-bond acceptors (Lipinski definition) is 8. The Labute approximate surface area is 249 Å². The van der Waals surface area contributed by atoms with Crippen molar-refractivity contribution in [1.82, 2.24) is 15.2 Å². The number of carbonyl (C=O) groups excluding carboxylic acids is 1. The second-order valence-electron chi connectivity index (χ2n) is 10.7. The number of amides is 1. The fourth-order valence-electron chi connectivity index (χ4n) is 6.11. The quantitative estimate of drug-likeness (QED) is 0.328. The van der Waals surface area contributed by atoms with Crippen molar-refractivity contribution in [2.24, 2.45) is 0 Å². The third-order valence-electron chi connectivity index (χ3n) is 8.36. The van der Waals surface area contributed by atoms with Crippen LogP contribution < -0.4 is 14.8 Å². The summed E-state index contributed by atoms with van der Waals surface area (Å²) < 4.78 is 23.6. The van der Waals surface area contributed by atoms with Crippen molar-refractivity contribution in [2.75, 3.05) is 33.4 Å². The Kier molecular flexibility index (Phi) is 7.78. The smallest absolute Gasteiger partial charge is 0.254 e. The van der Waals surface area contributed by atoms with Crippen LogP contribution in [0.2, 0.25) is 0 Å². The molecule has 9 nitrogen and oxygen atoms in total. The average molecular weight is 587 g/mol. The third-order valence-corrected chi connectivity index (χ3v) is 8.36. The number of likely N-dealkylation sites (tertiary alicyclic amines) is 1. The van der Waals surface area contributed by atoms with Gasteiger partial charge in [0.1, 0.15) is 34.9 Å². The van der Waals surface area contributed by atoms with E-state index in [0.29, 0.717) is 58.7 Å². The molecule has 1 amide bonds. The molecule has 216 valence electrons. The van der Waals surface area contributed by atoms with Gasteiger partial charge in [0.2, 0.25) is 0 Å². The van der Waals surface area contributed by atoms with Gasteiger partial charge in [-0.3, -0.25) is 9.78 Å². The van der Waals surface area contributed by atoms with E-state index in [-0.39, 0.29) is 30.5 Å². The average Bonchev–Trinajstić information content (AvgIpc) is 3.61. The molecule has 5 heterocycles. The van der Waals surface area contributed by atoms with E-state index >= 15 is 0 Å². The number of halogens is 1. The summed E-state index contributed by atoms with van der Waals surface area (Å²) in [5.41, 5.74) is 4.73. The molecule has 2 aromatic heterocycles. The lowest BCUT2D eigenvalue weighted by Gasteiger charge is -2.44. The topological polar surface area (TPSA) is 110 Å². The Balaban J connectivity index is 0.00000316. The van der Waals surface area contributed by atoms with E-state index in [9.17, 15) is 10.1 Å². The van der Waals surface area contributed by atoms with E-state index in [1.807, 2.05) is 47.4 Å². The number of ether oxygens (including phenoxy) is 3. The Hall–Kier alpha value is -4.10. The molecule has 3 fully saturated rings. The molecule has 7 rings (SSSR count). The number of fused-ring (bicyclic) bond motifs is 2. The summed E-state index contributed by atoms with van der Waals surface area (Å²) in [6.45, 7) is 3.03. The standard InChI is InChI=1S/C32H30N4O5.ClH/c1-38-29-15-20(32(37)36-18-26-27(36)7-11-35-26)2-4-24(29)30-16-25-31(41-30)23(6-10-34-25)19-3-5-28(21(14-19)17-33)40-22-8-12-39-13-9-22;/h2-6,10,14-16,22,26-27,35H,7-9,11-13,18H2,1H3;1H. The first-order valence-electron chi connectivity index (χ1n) is 14.0. The molecule has 0 bridgehead atoms. The number of nitriles is 1. The minimum atomic E-state index is 0. The van der Waals surface area contributed by atoms with Gasteiger partial charge in [-0.25, -0.2) is 0 Å². The van der Waals surface area contributed by atoms with Crippen molar-refractivity contribution >= 4 is 29.4 Å². The summed E-state index contributed by atoms with van der Waals surface area (Å²) in [5, 5.41) is 13.3. The number of nitrogens with zero attached hydrogens (tertiary/aromatic N) is 3. The van der Waals surface area contributed by atoms with Crippen LogP contribution in [0.3, 0.4) is 0 Å². The normalized spacial score (nSPS) is 19.9. The molecule has 1 N–H and O–H groups in total. The third kappa shape index (κ3) is 4.96. The lowest BCUT2D eigenvalue weighted by molar-refractivity contribution is 0.0254. The van der Waals surface area contributed by atoms with Crippen LogP contribution in [0.4, 0.5) is 0 Å². The predicted octanol–water partition coefficient (Wildman–Crippen LogP) is 5.21. The molecular weight excluding hydrogens is 556 g/mol. The van der Waals surface area contributed by atoms with Crippen LogP contribution >= 0.6 is 12.4 Å². The zero-order chi connectivity index (χ0) is 27.9. The second-order valence-corrected chi connectivity index (χ2v) is 10.7. The minimum Gasteiger partial charge on any atom is -0.496 e. The number of rotatable bonds is 6. The molecule has 0 spiro atoms. The maximum absolute atomic E-state index is 13.2. The molecule has 0 radical (unpaired) electrons. The van der Waals surface area contributed by atoms with Crippen molar-refractivity contribution in [2.45, 2.75) is 37.5 Å². The van der Waals surface area contributed by atoms with Crippen molar-refractivity contribution in [3.05, 3.63) is 65.9 Å².